The summed E-state index contributed by atoms with van der Waals surface area (Å²) in [4.78, 5) is 18.6. The molecule has 38 heavy (non-hydrogen) atoms. The molecule has 3 aromatic rings. The van der Waals surface area contributed by atoms with Crippen molar-refractivity contribution in [2.75, 3.05) is 35.2 Å². The molecule has 2 aliphatic heterocycles. The van der Waals surface area contributed by atoms with Crippen molar-refractivity contribution in [3.63, 3.8) is 0 Å². The summed E-state index contributed by atoms with van der Waals surface area (Å²) in [6, 6.07) is 5.13. The van der Waals surface area contributed by atoms with E-state index in [0.717, 1.165) is 6.20 Å². The first-order valence-corrected chi connectivity index (χ1v) is 12.5. The molecular formula is C26H26F5N5O2. The highest BCUT2D eigenvalue weighted by Crippen LogP contribution is 2.45. The number of benzene rings is 1. The lowest BCUT2D eigenvalue weighted by Gasteiger charge is -2.32. The van der Waals surface area contributed by atoms with Gasteiger partial charge in [0.05, 0.1) is 35.7 Å². The Morgan fingerprint density at radius 3 is 2.68 bits per heavy atom. The molecule has 7 nitrogen and oxygen atoms in total. The number of nitrogens with zero attached hydrogens (tertiary/aromatic N) is 3. The van der Waals surface area contributed by atoms with E-state index < -0.39 is 42.3 Å². The molecule has 2 fully saturated rings. The Bertz CT molecular complexity index is 1460. The second-order valence-corrected chi connectivity index (χ2v) is 10.2. The minimum Gasteiger partial charge on any atom is -0.480 e. The van der Waals surface area contributed by atoms with Crippen LogP contribution in [0.4, 0.5) is 44.8 Å². The molecule has 6 rings (SSSR count). The van der Waals surface area contributed by atoms with Gasteiger partial charge >= 0.3 is 5.92 Å². The number of nitrogens with one attached hydrogen (secondary N) is 2. The smallest absolute Gasteiger partial charge is 0.301 e. The third-order valence-electron chi connectivity index (χ3n) is 7.52. The van der Waals surface area contributed by atoms with Gasteiger partial charge in [-0.3, -0.25) is 4.79 Å². The first-order valence-electron chi connectivity index (χ1n) is 12.5. The maximum Gasteiger partial charge on any atom is 0.301 e. The van der Waals surface area contributed by atoms with Crippen molar-refractivity contribution < 1.29 is 26.7 Å². The number of piperidine rings is 1. The summed E-state index contributed by atoms with van der Waals surface area (Å²) in [7, 11) is 1.52. The number of halogens is 5. The van der Waals surface area contributed by atoms with Crippen molar-refractivity contribution in [3.8, 4) is 5.75 Å². The van der Waals surface area contributed by atoms with Crippen LogP contribution in [-0.2, 0) is 7.05 Å². The van der Waals surface area contributed by atoms with Crippen molar-refractivity contribution in [2.24, 2.45) is 13.0 Å². The number of ether oxygens (including phenoxy) is 1. The maximum atomic E-state index is 14.9. The summed E-state index contributed by atoms with van der Waals surface area (Å²) in [5.74, 6) is -3.95. The van der Waals surface area contributed by atoms with Crippen LogP contribution in [0, 0.1) is 11.7 Å². The lowest BCUT2D eigenvalue weighted by Crippen LogP contribution is -2.44. The van der Waals surface area contributed by atoms with Crippen LogP contribution in [0.5, 0.6) is 5.75 Å². The number of aryl methyl sites for hydroxylation is 1. The average molecular weight is 536 g/mol. The maximum absolute atomic E-state index is 14.9. The van der Waals surface area contributed by atoms with Crippen LogP contribution in [0.3, 0.4) is 0 Å². The average Bonchev–Trinajstić information content (AvgIpc) is 3.73. The van der Waals surface area contributed by atoms with Crippen molar-refractivity contribution in [3.05, 3.63) is 46.6 Å². The van der Waals surface area contributed by atoms with Crippen molar-refractivity contribution in [2.45, 2.75) is 43.6 Å². The van der Waals surface area contributed by atoms with Gasteiger partial charge in [0.1, 0.15) is 18.2 Å². The fourth-order valence-electron chi connectivity index (χ4n) is 5.22. The lowest BCUT2D eigenvalue weighted by molar-refractivity contribution is -0.0579. The van der Waals surface area contributed by atoms with Crippen LogP contribution in [0.15, 0.2) is 35.3 Å². The number of rotatable bonds is 4. The van der Waals surface area contributed by atoms with Crippen molar-refractivity contribution in [1.82, 2.24) is 9.55 Å². The van der Waals surface area contributed by atoms with E-state index in [2.05, 4.69) is 15.6 Å². The Balaban J connectivity index is 1.37. The van der Waals surface area contributed by atoms with Gasteiger partial charge in [-0.25, -0.2) is 26.9 Å². The quantitative estimate of drug-likeness (QED) is 0.463. The van der Waals surface area contributed by atoms with E-state index in [1.807, 2.05) is 0 Å². The number of aromatic nitrogens is 2. The molecule has 1 aromatic carbocycles. The van der Waals surface area contributed by atoms with Gasteiger partial charge in [-0.05, 0) is 43.4 Å². The molecule has 2 aromatic heterocycles. The third kappa shape index (κ3) is 4.29. The highest BCUT2D eigenvalue weighted by molar-refractivity contribution is 5.97. The standard InChI is InChI=1S/C26H26F5N5O2/c1-35-20-5-4-14(33-19-9-21(32-10-17(19)28)36-7-6-16(27)18(29)11-36)8-15(20)22-23(25(35)37)38-12-26(30,31)24(34-22)13-2-3-13/h4-5,8-10,13,16,18,24,34H,2-3,6-7,11-12H2,1H3,(H,32,33)/t16?,18?,24-/m0/s1. The van der Waals surface area contributed by atoms with Crippen molar-refractivity contribution >= 4 is 33.8 Å². The molecule has 0 amide bonds. The van der Waals surface area contributed by atoms with Gasteiger partial charge in [-0.2, -0.15) is 0 Å². The molecule has 1 saturated carbocycles. The first-order chi connectivity index (χ1) is 18.1. The molecule has 2 unspecified atom stereocenters. The minimum atomic E-state index is -3.17. The van der Waals surface area contributed by atoms with E-state index in [-0.39, 0.29) is 42.6 Å². The Labute approximate surface area is 214 Å². The van der Waals surface area contributed by atoms with E-state index >= 15 is 0 Å². The third-order valence-corrected chi connectivity index (χ3v) is 7.52. The number of hydrogen-bond donors (Lipinski definition) is 2. The SMILES string of the molecule is Cn1c(=O)c2c(c3cc(Nc4cc(N5CCC(F)C(F)C5)ncc4F)ccc31)N[C@@H](C1CC1)C(F)(F)CO2. The predicted octanol–water partition coefficient (Wildman–Crippen LogP) is 4.92. The van der Waals surface area contributed by atoms with Crippen LogP contribution < -0.4 is 25.8 Å². The second kappa shape index (κ2) is 9.02. The minimum absolute atomic E-state index is 0.00740. The Morgan fingerprint density at radius 2 is 1.95 bits per heavy atom. The van der Waals surface area contributed by atoms with E-state index in [4.69, 9.17) is 4.74 Å². The molecule has 12 heteroatoms. The summed E-state index contributed by atoms with van der Waals surface area (Å²) in [6.07, 6.45) is -0.864. The molecular weight excluding hydrogens is 509 g/mol. The van der Waals surface area contributed by atoms with E-state index in [0.29, 0.717) is 35.2 Å². The Hall–Kier alpha value is -3.57. The fourth-order valence-corrected chi connectivity index (χ4v) is 5.22. The van der Waals surface area contributed by atoms with Gasteiger partial charge in [-0.15, -0.1) is 0 Å². The van der Waals surface area contributed by atoms with Crippen LogP contribution >= 0.6 is 0 Å². The summed E-state index contributed by atoms with van der Waals surface area (Å²) in [5, 5.41) is 6.34. The number of fused-ring (bicyclic) bond motifs is 3. The molecule has 0 radical (unpaired) electrons. The molecule has 0 spiro atoms. The van der Waals surface area contributed by atoms with Crippen LogP contribution in [0.1, 0.15) is 19.3 Å². The monoisotopic (exact) mass is 535 g/mol. The van der Waals surface area contributed by atoms with Crippen LogP contribution in [0.2, 0.25) is 0 Å². The molecule has 1 aliphatic carbocycles. The zero-order valence-electron chi connectivity index (χ0n) is 20.5. The summed E-state index contributed by atoms with van der Waals surface area (Å²) >= 11 is 0. The molecule has 202 valence electrons. The highest BCUT2D eigenvalue weighted by Gasteiger charge is 2.51. The van der Waals surface area contributed by atoms with Gasteiger partial charge in [-0.1, -0.05) is 0 Å². The van der Waals surface area contributed by atoms with E-state index in [1.165, 1.54) is 17.7 Å². The molecule has 0 bridgehead atoms. The molecule has 3 aliphatic rings. The zero-order chi connectivity index (χ0) is 26.8. The topological polar surface area (TPSA) is 71.4 Å². The normalized spacial score (nSPS) is 24.8. The van der Waals surface area contributed by atoms with Gasteiger partial charge in [0.25, 0.3) is 5.56 Å². The summed E-state index contributed by atoms with van der Waals surface area (Å²) < 4.78 is 78.6. The van der Waals surface area contributed by atoms with E-state index in [1.54, 1.807) is 23.1 Å². The number of pyridine rings is 2. The van der Waals surface area contributed by atoms with Crippen LogP contribution in [-0.4, -0.2) is 53.6 Å². The lowest BCUT2D eigenvalue weighted by atomic mass is 10.0. The molecule has 2 N–H and O–H groups in total. The first kappa shape index (κ1) is 24.7. The number of anilines is 4. The number of hydrogen-bond acceptors (Lipinski definition) is 6. The van der Waals surface area contributed by atoms with Gasteiger partial charge < -0.3 is 24.8 Å². The van der Waals surface area contributed by atoms with Crippen molar-refractivity contribution in [1.29, 1.82) is 0 Å². The Morgan fingerprint density at radius 1 is 1.16 bits per heavy atom. The van der Waals surface area contributed by atoms with Gasteiger partial charge in [0.2, 0.25) is 5.75 Å². The zero-order valence-corrected chi connectivity index (χ0v) is 20.5. The Kier molecular flexibility index (Phi) is 5.88. The number of alkyl halides is 4. The molecule has 3 atom stereocenters. The summed E-state index contributed by atoms with van der Waals surface area (Å²) in [5.41, 5.74) is 0.588. The summed E-state index contributed by atoms with van der Waals surface area (Å²) in [6.45, 7) is -0.848. The largest absolute Gasteiger partial charge is 0.480 e. The van der Waals surface area contributed by atoms with Gasteiger partial charge in [0, 0.05) is 30.7 Å². The van der Waals surface area contributed by atoms with Crippen LogP contribution in [0.25, 0.3) is 10.9 Å². The second-order valence-electron chi connectivity index (χ2n) is 10.2. The molecule has 1 saturated heterocycles. The highest BCUT2D eigenvalue weighted by atomic mass is 19.3. The predicted molar refractivity (Wildman–Crippen MR) is 134 cm³/mol. The fraction of sp³-hybridized carbons (Fsp3) is 0.462. The van der Waals surface area contributed by atoms with Gasteiger partial charge in [0.15, 0.2) is 12.4 Å². The molecule has 4 heterocycles. The van der Waals surface area contributed by atoms with E-state index in [9.17, 15) is 26.7 Å².